The van der Waals surface area contributed by atoms with Gasteiger partial charge in [-0.15, -0.1) is 0 Å². The Hall–Kier alpha value is -2.17. The molecule has 0 aromatic heterocycles. The lowest BCUT2D eigenvalue weighted by Crippen LogP contribution is -2.47. The quantitative estimate of drug-likeness (QED) is 0.801. The number of hydrogen-bond acceptors (Lipinski definition) is 3. The molecule has 1 amide bonds. The van der Waals surface area contributed by atoms with Gasteiger partial charge in [0.1, 0.15) is 0 Å². The molecule has 1 aliphatic rings. The maximum Gasteiger partial charge on any atom is 0.254 e. The van der Waals surface area contributed by atoms with Crippen LogP contribution in [0.5, 0.6) is 0 Å². The summed E-state index contributed by atoms with van der Waals surface area (Å²) in [5.74, 6) is 0.117. The normalized spacial score (nSPS) is 15.8. The van der Waals surface area contributed by atoms with Crippen molar-refractivity contribution in [3.63, 3.8) is 0 Å². The number of carbonyl (C=O) groups excluding carboxylic acids is 1. The zero-order chi connectivity index (χ0) is 18.4. The van der Waals surface area contributed by atoms with Crippen molar-refractivity contribution in [1.82, 2.24) is 14.7 Å². The van der Waals surface area contributed by atoms with E-state index in [-0.39, 0.29) is 5.91 Å². The van der Waals surface area contributed by atoms with Gasteiger partial charge in [0.15, 0.2) is 0 Å². The first-order chi connectivity index (χ1) is 12.6. The highest BCUT2D eigenvalue weighted by molar-refractivity contribution is 5.94. The Morgan fingerprint density at radius 3 is 2.42 bits per heavy atom. The van der Waals surface area contributed by atoms with Gasteiger partial charge in [0, 0.05) is 51.4 Å². The van der Waals surface area contributed by atoms with E-state index < -0.39 is 0 Å². The van der Waals surface area contributed by atoms with Crippen LogP contribution in [0, 0.1) is 6.92 Å². The van der Waals surface area contributed by atoms with Crippen molar-refractivity contribution in [2.45, 2.75) is 13.5 Å². The summed E-state index contributed by atoms with van der Waals surface area (Å²) in [7, 11) is 2.17. The molecule has 0 bridgehead atoms. The van der Waals surface area contributed by atoms with Crippen LogP contribution in [0.3, 0.4) is 0 Å². The summed E-state index contributed by atoms with van der Waals surface area (Å²) >= 11 is 0. The van der Waals surface area contributed by atoms with Crippen LogP contribution in [0.4, 0.5) is 0 Å². The highest BCUT2D eigenvalue weighted by Crippen LogP contribution is 2.12. The van der Waals surface area contributed by atoms with E-state index >= 15 is 0 Å². The first-order valence-electron chi connectivity index (χ1n) is 9.42. The van der Waals surface area contributed by atoms with E-state index in [9.17, 15) is 4.79 Å². The predicted molar refractivity (Wildman–Crippen MR) is 106 cm³/mol. The van der Waals surface area contributed by atoms with Crippen LogP contribution in [-0.4, -0.2) is 66.9 Å². The maximum absolute atomic E-state index is 13.1. The van der Waals surface area contributed by atoms with Crippen molar-refractivity contribution in [2.24, 2.45) is 0 Å². The first-order valence-corrected chi connectivity index (χ1v) is 9.42. The Morgan fingerprint density at radius 1 is 1.00 bits per heavy atom. The topological polar surface area (TPSA) is 26.8 Å². The maximum atomic E-state index is 13.1. The number of rotatable bonds is 6. The molecule has 4 nitrogen and oxygen atoms in total. The van der Waals surface area contributed by atoms with E-state index in [1.807, 2.05) is 54.3 Å². The van der Waals surface area contributed by atoms with Crippen molar-refractivity contribution in [1.29, 1.82) is 0 Å². The van der Waals surface area contributed by atoms with E-state index in [1.54, 1.807) is 0 Å². The van der Waals surface area contributed by atoms with E-state index in [0.717, 1.165) is 50.4 Å². The molecule has 0 unspecified atom stereocenters. The molecule has 0 atom stereocenters. The molecular formula is C22H29N3O. The van der Waals surface area contributed by atoms with Gasteiger partial charge in [0.25, 0.3) is 5.91 Å². The number of aryl methyl sites for hydroxylation is 1. The van der Waals surface area contributed by atoms with Crippen molar-refractivity contribution in [3.05, 3.63) is 71.3 Å². The molecule has 0 radical (unpaired) electrons. The summed E-state index contributed by atoms with van der Waals surface area (Å²) < 4.78 is 0. The number of likely N-dealkylation sites (N-methyl/N-ethyl adjacent to an activating group) is 1. The van der Waals surface area contributed by atoms with Crippen molar-refractivity contribution >= 4 is 5.91 Å². The summed E-state index contributed by atoms with van der Waals surface area (Å²) in [6, 6.07) is 18.2. The fourth-order valence-corrected chi connectivity index (χ4v) is 3.35. The molecule has 0 saturated carbocycles. The second-order valence-electron chi connectivity index (χ2n) is 7.23. The molecular weight excluding hydrogens is 322 g/mol. The molecule has 0 spiro atoms. The average molecular weight is 351 g/mol. The number of carbonyl (C=O) groups is 1. The molecule has 1 saturated heterocycles. The standard InChI is InChI=1S/C22H29N3O/c1-19-7-6-10-21(17-19)22(26)25(18-20-8-4-3-5-9-20)16-15-24-13-11-23(2)12-14-24/h3-10,17H,11-16,18H2,1-2H3. The highest BCUT2D eigenvalue weighted by Gasteiger charge is 2.19. The summed E-state index contributed by atoms with van der Waals surface area (Å²) in [4.78, 5) is 19.9. The predicted octanol–water partition coefficient (Wildman–Crippen LogP) is 2.88. The van der Waals surface area contributed by atoms with E-state index in [4.69, 9.17) is 0 Å². The lowest BCUT2D eigenvalue weighted by molar-refractivity contribution is 0.0700. The van der Waals surface area contributed by atoms with E-state index in [2.05, 4.69) is 29.0 Å². The van der Waals surface area contributed by atoms with Crippen molar-refractivity contribution < 1.29 is 4.79 Å². The molecule has 3 rings (SSSR count). The van der Waals surface area contributed by atoms with Gasteiger partial charge in [-0.25, -0.2) is 0 Å². The fraction of sp³-hybridized carbons (Fsp3) is 0.409. The van der Waals surface area contributed by atoms with Crippen LogP contribution in [0.25, 0.3) is 0 Å². The van der Waals surface area contributed by atoms with Gasteiger partial charge in [-0.3, -0.25) is 9.69 Å². The molecule has 1 aliphatic heterocycles. The second kappa shape index (κ2) is 8.97. The molecule has 1 fully saturated rings. The van der Waals surface area contributed by atoms with E-state index in [1.165, 1.54) is 5.56 Å². The summed E-state index contributed by atoms with van der Waals surface area (Å²) in [6.07, 6.45) is 0. The molecule has 2 aromatic rings. The summed E-state index contributed by atoms with van der Waals surface area (Å²) in [6.45, 7) is 8.73. The smallest absolute Gasteiger partial charge is 0.254 e. The van der Waals surface area contributed by atoms with Gasteiger partial charge < -0.3 is 9.80 Å². The van der Waals surface area contributed by atoms with Gasteiger partial charge in [0.05, 0.1) is 0 Å². The SMILES string of the molecule is Cc1cccc(C(=O)N(CCN2CCN(C)CC2)Cc2ccccc2)c1. The number of nitrogens with zero attached hydrogens (tertiary/aromatic N) is 3. The zero-order valence-corrected chi connectivity index (χ0v) is 15.9. The first kappa shape index (κ1) is 18.6. The third kappa shape index (κ3) is 5.16. The Kier molecular flexibility index (Phi) is 6.42. The minimum Gasteiger partial charge on any atom is -0.333 e. The molecule has 0 N–H and O–H groups in total. The highest BCUT2D eigenvalue weighted by atomic mass is 16.2. The molecule has 2 aromatic carbocycles. The van der Waals surface area contributed by atoms with Crippen LogP contribution >= 0.6 is 0 Å². The molecule has 1 heterocycles. The van der Waals surface area contributed by atoms with Gasteiger partial charge in [-0.2, -0.15) is 0 Å². The van der Waals surface area contributed by atoms with Crippen molar-refractivity contribution in [3.8, 4) is 0 Å². The summed E-state index contributed by atoms with van der Waals surface area (Å²) in [5, 5.41) is 0. The second-order valence-corrected chi connectivity index (χ2v) is 7.23. The minimum atomic E-state index is 0.117. The zero-order valence-electron chi connectivity index (χ0n) is 15.9. The third-order valence-electron chi connectivity index (χ3n) is 5.05. The largest absolute Gasteiger partial charge is 0.333 e. The Balaban J connectivity index is 1.69. The van der Waals surface area contributed by atoms with Crippen LogP contribution in [0.2, 0.25) is 0 Å². The number of amides is 1. The Labute approximate surface area is 157 Å². The average Bonchev–Trinajstić information content (AvgIpc) is 2.66. The Morgan fingerprint density at radius 2 is 1.73 bits per heavy atom. The Bertz CT molecular complexity index is 708. The van der Waals surface area contributed by atoms with Gasteiger partial charge in [-0.1, -0.05) is 48.0 Å². The number of benzene rings is 2. The van der Waals surface area contributed by atoms with Gasteiger partial charge >= 0.3 is 0 Å². The molecule has 0 aliphatic carbocycles. The van der Waals surface area contributed by atoms with Crippen LogP contribution in [-0.2, 0) is 6.54 Å². The summed E-state index contributed by atoms with van der Waals surface area (Å²) in [5.41, 5.74) is 3.07. The fourth-order valence-electron chi connectivity index (χ4n) is 3.35. The van der Waals surface area contributed by atoms with E-state index in [0.29, 0.717) is 6.54 Å². The number of piperazine rings is 1. The van der Waals surface area contributed by atoms with Crippen LogP contribution in [0.15, 0.2) is 54.6 Å². The van der Waals surface area contributed by atoms with Crippen LogP contribution in [0.1, 0.15) is 21.5 Å². The lowest BCUT2D eigenvalue weighted by atomic mass is 10.1. The minimum absolute atomic E-state index is 0.117. The number of hydrogen-bond donors (Lipinski definition) is 0. The van der Waals surface area contributed by atoms with Crippen molar-refractivity contribution in [2.75, 3.05) is 46.3 Å². The van der Waals surface area contributed by atoms with Gasteiger partial charge in [-0.05, 0) is 31.7 Å². The van der Waals surface area contributed by atoms with Gasteiger partial charge in [0.2, 0.25) is 0 Å². The van der Waals surface area contributed by atoms with Crippen LogP contribution < -0.4 is 0 Å². The monoisotopic (exact) mass is 351 g/mol. The lowest BCUT2D eigenvalue weighted by Gasteiger charge is -2.34. The molecule has 4 heteroatoms. The molecule has 138 valence electrons. The molecule has 26 heavy (non-hydrogen) atoms. The third-order valence-corrected chi connectivity index (χ3v) is 5.05.